The second-order valence-corrected chi connectivity index (χ2v) is 6.60. The predicted octanol–water partition coefficient (Wildman–Crippen LogP) is 4.36. The number of hydrogen-bond donors (Lipinski definition) is 1. The summed E-state index contributed by atoms with van der Waals surface area (Å²) in [5.74, 6) is 0.868. The first-order chi connectivity index (χ1) is 9.11. The molecule has 2 nitrogen and oxygen atoms in total. The van der Waals surface area contributed by atoms with Crippen molar-refractivity contribution in [2.24, 2.45) is 5.92 Å². The molecule has 0 saturated carbocycles. The van der Waals surface area contributed by atoms with Crippen LogP contribution in [0.25, 0.3) is 0 Å². The van der Waals surface area contributed by atoms with Crippen molar-refractivity contribution < 1.29 is 0 Å². The molecule has 1 aliphatic heterocycles. The minimum Gasteiger partial charge on any atom is -0.371 e. The Kier molecular flexibility index (Phi) is 5.28. The zero-order chi connectivity index (χ0) is 13.8. The van der Waals surface area contributed by atoms with Gasteiger partial charge in [-0.15, -0.1) is 0 Å². The van der Waals surface area contributed by atoms with Crippen molar-refractivity contribution in [3.63, 3.8) is 0 Å². The molecule has 2 rings (SSSR count). The Morgan fingerprint density at radius 2 is 2.11 bits per heavy atom. The van der Waals surface area contributed by atoms with Crippen LogP contribution in [0.2, 0.25) is 0 Å². The van der Waals surface area contributed by atoms with Crippen molar-refractivity contribution in [1.29, 1.82) is 0 Å². The summed E-state index contributed by atoms with van der Waals surface area (Å²) in [5, 5.41) is 3.29. The van der Waals surface area contributed by atoms with E-state index >= 15 is 0 Å². The highest BCUT2D eigenvalue weighted by Crippen LogP contribution is 2.31. The number of benzene rings is 1. The molecule has 1 heterocycles. The van der Waals surface area contributed by atoms with Crippen molar-refractivity contribution in [2.45, 2.75) is 39.2 Å². The van der Waals surface area contributed by atoms with Gasteiger partial charge in [-0.05, 0) is 72.8 Å². The molecule has 0 aliphatic carbocycles. The quantitative estimate of drug-likeness (QED) is 0.888. The summed E-state index contributed by atoms with van der Waals surface area (Å²) in [6, 6.07) is 7.17. The van der Waals surface area contributed by atoms with Gasteiger partial charge in [0.1, 0.15) is 0 Å². The van der Waals surface area contributed by atoms with Gasteiger partial charge in [0.2, 0.25) is 0 Å². The standard InChI is InChI=1S/C16H25BrN2/c1-12-5-4-9-19(10-8-12)16-7-6-14(11-15(16)17)13(2)18-3/h6-7,11-13,18H,4-5,8-10H2,1-3H3. The summed E-state index contributed by atoms with van der Waals surface area (Å²) in [6.07, 6.45) is 3.98. The van der Waals surface area contributed by atoms with Gasteiger partial charge in [0.05, 0.1) is 5.69 Å². The maximum Gasteiger partial charge on any atom is 0.0510 e. The normalized spacial score (nSPS) is 22.1. The van der Waals surface area contributed by atoms with Crippen molar-refractivity contribution in [2.75, 3.05) is 25.0 Å². The van der Waals surface area contributed by atoms with E-state index < -0.39 is 0 Å². The van der Waals surface area contributed by atoms with E-state index in [-0.39, 0.29) is 0 Å². The fourth-order valence-corrected chi connectivity index (χ4v) is 3.37. The Morgan fingerprint density at radius 3 is 2.79 bits per heavy atom. The van der Waals surface area contributed by atoms with E-state index in [1.54, 1.807) is 0 Å². The average Bonchev–Trinajstić information content (AvgIpc) is 2.62. The monoisotopic (exact) mass is 324 g/mol. The van der Waals surface area contributed by atoms with Gasteiger partial charge < -0.3 is 10.2 Å². The first-order valence-electron chi connectivity index (χ1n) is 7.33. The van der Waals surface area contributed by atoms with Crippen LogP contribution in [0, 0.1) is 5.92 Å². The van der Waals surface area contributed by atoms with Gasteiger partial charge in [-0.25, -0.2) is 0 Å². The van der Waals surface area contributed by atoms with Crippen LogP contribution in [0.5, 0.6) is 0 Å². The van der Waals surface area contributed by atoms with Crippen molar-refractivity contribution in [3.8, 4) is 0 Å². The van der Waals surface area contributed by atoms with Crippen LogP contribution in [0.15, 0.2) is 22.7 Å². The predicted molar refractivity (Wildman–Crippen MR) is 86.8 cm³/mol. The summed E-state index contributed by atoms with van der Waals surface area (Å²) in [5.41, 5.74) is 2.68. The smallest absolute Gasteiger partial charge is 0.0510 e. The first-order valence-corrected chi connectivity index (χ1v) is 8.12. The summed E-state index contributed by atoms with van der Waals surface area (Å²) in [6.45, 7) is 6.93. The zero-order valence-corrected chi connectivity index (χ0v) is 13.8. The fraction of sp³-hybridized carbons (Fsp3) is 0.625. The lowest BCUT2D eigenvalue weighted by molar-refractivity contribution is 0.521. The van der Waals surface area contributed by atoms with Gasteiger partial charge in [0, 0.05) is 23.6 Å². The lowest BCUT2D eigenvalue weighted by Gasteiger charge is -2.25. The molecule has 0 amide bonds. The molecule has 3 heteroatoms. The van der Waals surface area contributed by atoms with Crippen LogP contribution >= 0.6 is 15.9 Å². The van der Waals surface area contributed by atoms with E-state index in [4.69, 9.17) is 0 Å². The second kappa shape index (κ2) is 6.76. The number of hydrogen-bond acceptors (Lipinski definition) is 2. The third kappa shape index (κ3) is 3.73. The van der Waals surface area contributed by atoms with Gasteiger partial charge >= 0.3 is 0 Å². The van der Waals surface area contributed by atoms with Crippen molar-refractivity contribution in [1.82, 2.24) is 5.32 Å². The number of nitrogens with one attached hydrogen (secondary N) is 1. The van der Waals surface area contributed by atoms with E-state index in [0.29, 0.717) is 6.04 Å². The maximum absolute atomic E-state index is 3.75. The van der Waals surface area contributed by atoms with E-state index in [0.717, 1.165) is 5.92 Å². The van der Waals surface area contributed by atoms with E-state index in [2.05, 4.69) is 58.2 Å². The van der Waals surface area contributed by atoms with Crippen LogP contribution in [0.1, 0.15) is 44.7 Å². The first kappa shape index (κ1) is 14.9. The third-order valence-electron chi connectivity index (χ3n) is 4.26. The molecule has 0 spiro atoms. The molecule has 2 unspecified atom stereocenters. The fourth-order valence-electron chi connectivity index (χ4n) is 2.72. The summed E-state index contributed by atoms with van der Waals surface area (Å²) >= 11 is 3.75. The minimum absolute atomic E-state index is 0.398. The molecule has 1 fully saturated rings. The van der Waals surface area contributed by atoms with Gasteiger partial charge in [-0.2, -0.15) is 0 Å². The maximum atomic E-state index is 3.75. The lowest BCUT2D eigenvalue weighted by atomic mass is 10.0. The molecule has 1 aromatic rings. The summed E-state index contributed by atoms with van der Waals surface area (Å²) in [7, 11) is 2.00. The minimum atomic E-state index is 0.398. The lowest BCUT2D eigenvalue weighted by Crippen LogP contribution is -2.24. The molecule has 0 radical (unpaired) electrons. The topological polar surface area (TPSA) is 15.3 Å². The molecule has 1 aromatic carbocycles. The summed E-state index contributed by atoms with van der Waals surface area (Å²) < 4.78 is 1.22. The van der Waals surface area contributed by atoms with Crippen LogP contribution in [0.4, 0.5) is 5.69 Å². The molecule has 0 bridgehead atoms. The largest absolute Gasteiger partial charge is 0.371 e. The highest BCUT2D eigenvalue weighted by atomic mass is 79.9. The SMILES string of the molecule is CNC(C)c1ccc(N2CCCC(C)CC2)c(Br)c1. The van der Waals surface area contributed by atoms with Gasteiger partial charge in [0.15, 0.2) is 0 Å². The molecule has 1 aliphatic rings. The Bertz CT molecular complexity index is 419. The Labute approximate surface area is 125 Å². The highest BCUT2D eigenvalue weighted by molar-refractivity contribution is 9.10. The van der Waals surface area contributed by atoms with Crippen molar-refractivity contribution >= 4 is 21.6 Å². The highest BCUT2D eigenvalue weighted by Gasteiger charge is 2.16. The van der Waals surface area contributed by atoms with Crippen LogP contribution in [0.3, 0.4) is 0 Å². The number of halogens is 1. The zero-order valence-electron chi connectivity index (χ0n) is 12.2. The van der Waals surface area contributed by atoms with Gasteiger partial charge in [0.25, 0.3) is 0 Å². The Morgan fingerprint density at radius 1 is 1.32 bits per heavy atom. The molecule has 0 aromatic heterocycles. The average molecular weight is 325 g/mol. The number of rotatable bonds is 3. The van der Waals surface area contributed by atoms with E-state index in [1.165, 1.54) is 48.1 Å². The van der Waals surface area contributed by atoms with Crippen molar-refractivity contribution in [3.05, 3.63) is 28.2 Å². The molecule has 2 atom stereocenters. The molecule has 1 saturated heterocycles. The summed E-state index contributed by atoms with van der Waals surface area (Å²) in [4.78, 5) is 2.53. The van der Waals surface area contributed by atoms with E-state index in [1.807, 2.05) is 7.05 Å². The van der Waals surface area contributed by atoms with E-state index in [9.17, 15) is 0 Å². The molecule has 19 heavy (non-hydrogen) atoms. The van der Waals surface area contributed by atoms with Gasteiger partial charge in [-0.1, -0.05) is 13.0 Å². The number of anilines is 1. The Balaban J connectivity index is 2.16. The molecular formula is C16H25BrN2. The van der Waals surface area contributed by atoms with Crippen LogP contribution in [-0.4, -0.2) is 20.1 Å². The second-order valence-electron chi connectivity index (χ2n) is 5.74. The van der Waals surface area contributed by atoms with Crippen LogP contribution in [-0.2, 0) is 0 Å². The molecule has 106 valence electrons. The Hall–Kier alpha value is -0.540. The third-order valence-corrected chi connectivity index (χ3v) is 4.90. The molecule has 1 N–H and O–H groups in total. The van der Waals surface area contributed by atoms with Gasteiger partial charge in [-0.3, -0.25) is 0 Å². The van der Waals surface area contributed by atoms with Crippen LogP contribution < -0.4 is 10.2 Å². The number of nitrogens with zero attached hydrogens (tertiary/aromatic N) is 1. The molecular weight excluding hydrogens is 300 g/mol.